The fraction of sp³-hybridized carbons (Fsp3) is 0.667. The lowest BCUT2D eigenvalue weighted by molar-refractivity contribution is -0.137. The van der Waals surface area contributed by atoms with Gasteiger partial charge in [-0.1, -0.05) is 93.9 Å². The van der Waals surface area contributed by atoms with E-state index >= 15 is 0 Å². The Hall–Kier alpha value is 0.120. The number of carbonyl (C=O) groups excluding carboxylic acids is 2. The van der Waals surface area contributed by atoms with Gasteiger partial charge in [0.25, 0.3) is 0 Å². The van der Waals surface area contributed by atoms with Crippen LogP contribution in [0.15, 0.2) is 24.3 Å². The Morgan fingerprint density at radius 1 is 0.759 bits per heavy atom. The lowest BCUT2D eigenvalue weighted by Crippen LogP contribution is -2.56. The van der Waals surface area contributed by atoms with E-state index in [9.17, 15) is 9.59 Å². The van der Waals surface area contributed by atoms with Gasteiger partial charge in [-0.25, -0.2) is 0 Å². The summed E-state index contributed by atoms with van der Waals surface area (Å²) in [6.45, 7) is 0. The number of rotatable bonds is 6. The quantitative estimate of drug-likeness (QED) is 0.279. The summed E-state index contributed by atoms with van der Waals surface area (Å²) in [5.41, 5.74) is 0. The van der Waals surface area contributed by atoms with Crippen LogP contribution in [0.1, 0.15) is 38.5 Å². The highest BCUT2D eigenvalue weighted by atomic mass is 35.6. The molecule has 0 unspecified atom stereocenters. The molecule has 2 aliphatic rings. The Balaban J connectivity index is 2.09. The predicted octanol–water partition coefficient (Wildman–Crippen LogP) is 5.34. The van der Waals surface area contributed by atoms with E-state index in [1.165, 1.54) is 0 Å². The fourth-order valence-corrected chi connectivity index (χ4v) is 3.72. The average molecular weight is 527 g/mol. The maximum absolute atomic E-state index is 12.6. The molecule has 0 spiro atoms. The summed E-state index contributed by atoms with van der Waals surface area (Å²) in [6.07, 6.45) is 8.96. The van der Waals surface area contributed by atoms with Crippen LogP contribution in [0.2, 0.25) is 0 Å². The van der Waals surface area contributed by atoms with Crippen molar-refractivity contribution in [3.05, 3.63) is 24.3 Å². The van der Waals surface area contributed by atoms with Crippen LogP contribution in [-0.2, 0) is 14.3 Å². The summed E-state index contributed by atoms with van der Waals surface area (Å²) in [7, 11) is 0. The first-order valence-corrected chi connectivity index (χ1v) is 11.4. The smallest absolute Gasteiger partial charge is 0.234 e. The summed E-state index contributed by atoms with van der Waals surface area (Å²) in [4.78, 5) is 25.1. The number of amides is 2. The molecule has 0 saturated heterocycles. The summed E-state index contributed by atoms with van der Waals surface area (Å²) in [6, 6.07) is 0. The SMILES string of the molecule is O=C(N[C@H](O[C@H](NC(=O)[C@@H]1CC=CCC1)C(Cl)(Cl)Cl)C(Cl)(Cl)Cl)[C@@H]1CC=CCC1. The van der Waals surface area contributed by atoms with Crippen LogP contribution in [0, 0.1) is 11.8 Å². The maximum atomic E-state index is 12.6. The molecule has 0 aromatic rings. The van der Waals surface area contributed by atoms with Crippen LogP contribution in [0.4, 0.5) is 0 Å². The molecule has 0 saturated carbocycles. The molecule has 2 aliphatic carbocycles. The molecule has 5 nitrogen and oxygen atoms in total. The van der Waals surface area contributed by atoms with Gasteiger partial charge in [-0.3, -0.25) is 9.59 Å². The summed E-state index contributed by atoms with van der Waals surface area (Å²) < 4.78 is 1.49. The number of nitrogens with one attached hydrogen (secondary N) is 2. The van der Waals surface area contributed by atoms with E-state index in [1.807, 2.05) is 24.3 Å². The average Bonchev–Trinajstić information content (AvgIpc) is 2.66. The Kier molecular flexibility index (Phi) is 9.74. The molecular weight excluding hydrogens is 505 g/mol. The number of ether oxygens (including phenoxy) is 1. The van der Waals surface area contributed by atoms with Gasteiger partial charge in [0.15, 0.2) is 12.5 Å². The summed E-state index contributed by atoms with van der Waals surface area (Å²) >= 11 is 35.9. The first-order valence-electron chi connectivity index (χ1n) is 9.18. The largest absolute Gasteiger partial charge is 0.327 e. The van der Waals surface area contributed by atoms with Crippen molar-refractivity contribution in [2.75, 3.05) is 0 Å². The highest BCUT2D eigenvalue weighted by Crippen LogP contribution is 2.37. The van der Waals surface area contributed by atoms with Gasteiger partial charge >= 0.3 is 0 Å². The first kappa shape index (κ1) is 25.4. The van der Waals surface area contributed by atoms with E-state index in [0.717, 1.165) is 12.8 Å². The topological polar surface area (TPSA) is 67.4 Å². The van der Waals surface area contributed by atoms with Crippen molar-refractivity contribution in [3.63, 3.8) is 0 Å². The minimum atomic E-state index is -2.06. The Bertz CT molecular complexity index is 590. The van der Waals surface area contributed by atoms with Crippen molar-refractivity contribution >= 4 is 81.4 Å². The molecule has 0 radical (unpaired) electrons. The third-order valence-corrected chi connectivity index (χ3v) is 5.88. The van der Waals surface area contributed by atoms with Crippen LogP contribution in [0.25, 0.3) is 0 Å². The van der Waals surface area contributed by atoms with Gasteiger partial charge in [0.05, 0.1) is 0 Å². The van der Waals surface area contributed by atoms with Crippen molar-refractivity contribution in [2.24, 2.45) is 11.8 Å². The van der Waals surface area contributed by atoms with Gasteiger partial charge in [0.1, 0.15) is 0 Å². The van der Waals surface area contributed by atoms with Crippen LogP contribution in [0.5, 0.6) is 0 Å². The van der Waals surface area contributed by atoms with E-state index < -0.39 is 20.0 Å². The first-order chi connectivity index (χ1) is 13.5. The number of carbonyl (C=O) groups is 2. The van der Waals surface area contributed by atoms with Gasteiger partial charge in [0, 0.05) is 11.8 Å². The number of allylic oxidation sites excluding steroid dienone is 4. The monoisotopic (exact) mass is 524 g/mol. The molecular formula is C18H22Cl6N2O3. The number of halogens is 6. The van der Waals surface area contributed by atoms with E-state index in [0.29, 0.717) is 25.7 Å². The second-order valence-electron chi connectivity index (χ2n) is 6.96. The predicted molar refractivity (Wildman–Crippen MR) is 118 cm³/mol. The molecule has 164 valence electrons. The zero-order valence-corrected chi connectivity index (χ0v) is 19.9. The summed E-state index contributed by atoms with van der Waals surface area (Å²) in [5, 5.41) is 5.11. The number of alkyl halides is 6. The zero-order valence-electron chi connectivity index (χ0n) is 15.4. The lowest BCUT2D eigenvalue weighted by Gasteiger charge is -2.34. The molecule has 4 atom stereocenters. The maximum Gasteiger partial charge on any atom is 0.234 e. The highest BCUT2D eigenvalue weighted by Gasteiger charge is 2.44. The minimum absolute atomic E-state index is 0.284. The van der Waals surface area contributed by atoms with Crippen molar-refractivity contribution in [1.82, 2.24) is 10.6 Å². The van der Waals surface area contributed by atoms with Gasteiger partial charge in [-0.05, 0) is 38.5 Å². The van der Waals surface area contributed by atoms with Crippen molar-refractivity contribution in [3.8, 4) is 0 Å². The fourth-order valence-electron chi connectivity index (χ4n) is 3.08. The van der Waals surface area contributed by atoms with Crippen LogP contribution < -0.4 is 10.6 Å². The van der Waals surface area contributed by atoms with Gasteiger partial charge < -0.3 is 15.4 Å². The zero-order chi connectivity index (χ0) is 21.7. The lowest BCUT2D eigenvalue weighted by atomic mass is 9.93. The Labute approximate surface area is 200 Å². The molecule has 2 N–H and O–H groups in total. The molecule has 0 fully saturated rings. The van der Waals surface area contributed by atoms with E-state index in [1.54, 1.807) is 0 Å². The van der Waals surface area contributed by atoms with Crippen molar-refractivity contribution in [1.29, 1.82) is 0 Å². The molecule has 0 aromatic heterocycles. The third-order valence-electron chi connectivity index (χ3n) is 4.69. The van der Waals surface area contributed by atoms with E-state index in [4.69, 9.17) is 74.3 Å². The number of hydrogen-bond acceptors (Lipinski definition) is 3. The summed E-state index contributed by atoms with van der Waals surface area (Å²) in [5.74, 6) is -1.27. The minimum Gasteiger partial charge on any atom is -0.327 e. The van der Waals surface area contributed by atoms with Crippen molar-refractivity contribution < 1.29 is 14.3 Å². The molecule has 0 aromatic carbocycles. The molecule has 11 heteroatoms. The van der Waals surface area contributed by atoms with Gasteiger partial charge in [-0.2, -0.15) is 0 Å². The van der Waals surface area contributed by atoms with Crippen LogP contribution in [-0.4, -0.2) is 31.9 Å². The Morgan fingerprint density at radius 2 is 1.14 bits per heavy atom. The van der Waals surface area contributed by atoms with E-state index in [2.05, 4.69) is 10.6 Å². The molecule has 0 heterocycles. The van der Waals surface area contributed by atoms with Gasteiger partial charge in [-0.15, -0.1) is 0 Å². The highest BCUT2D eigenvalue weighted by molar-refractivity contribution is 6.68. The molecule has 0 bridgehead atoms. The molecule has 2 rings (SSSR count). The number of hydrogen-bond donors (Lipinski definition) is 2. The molecule has 2 amide bonds. The second kappa shape index (κ2) is 11.1. The van der Waals surface area contributed by atoms with Crippen LogP contribution in [0.3, 0.4) is 0 Å². The second-order valence-corrected chi connectivity index (χ2v) is 11.7. The standard InChI is InChI=1S/C18H22Cl6N2O3/c19-17(20,21)15(25-13(27)11-7-3-1-4-8-11)29-16(18(22,23)24)26-14(28)12-9-5-2-6-10-12/h1-3,5,11-12,15-16H,4,6-10H2,(H,25,27)(H,26,28)/t11-,12-,15-,16+/m1/s1. The van der Waals surface area contributed by atoms with Crippen LogP contribution >= 0.6 is 69.6 Å². The van der Waals surface area contributed by atoms with E-state index in [-0.39, 0.29) is 23.7 Å². The Morgan fingerprint density at radius 3 is 1.41 bits per heavy atom. The molecule has 0 aliphatic heterocycles. The normalized spacial score (nSPS) is 24.6. The van der Waals surface area contributed by atoms with Gasteiger partial charge in [0.2, 0.25) is 19.4 Å². The molecule has 29 heavy (non-hydrogen) atoms. The third kappa shape index (κ3) is 8.29. The van der Waals surface area contributed by atoms with Crippen molar-refractivity contribution in [2.45, 2.75) is 58.6 Å².